The van der Waals surface area contributed by atoms with Gasteiger partial charge in [0, 0.05) is 22.8 Å². The second kappa shape index (κ2) is 9.83. The highest BCUT2D eigenvalue weighted by atomic mass is 35.5. The van der Waals surface area contributed by atoms with Crippen LogP contribution in [0.25, 0.3) is 10.9 Å². The molecule has 0 radical (unpaired) electrons. The number of hydrogen-bond acceptors (Lipinski definition) is 5. The largest absolute Gasteiger partial charge is 0.383 e. The number of nitrogens with one attached hydrogen (secondary N) is 1. The van der Waals surface area contributed by atoms with Gasteiger partial charge in [0.15, 0.2) is 5.16 Å². The van der Waals surface area contributed by atoms with Crippen molar-refractivity contribution in [2.75, 3.05) is 19.0 Å². The third-order valence-corrected chi connectivity index (χ3v) is 6.31. The maximum Gasteiger partial charge on any atom is 0.262 e. The van der Waals surface area contributed by atoms with Gasteiger partial charge in [-0.15, -0.1) is 0 Å². The third kappa shape index (κ3) is 4.98. The average Bonchev–Trinajstić information content (AvgIpc) is 2.71. The Bertz CT molecular complexity index is 1150. The van der Waals surface area contributed by atoms with Crippen molar-refractivity contribution in [3.05, 3.63) is 62.4 Å². The monoisotopic (exact) mass is 465 g/mol. The number of carbonyl (C=O) groups is 1. The second-order valence-corrected chi connectivity index (χ2v) is 8.82. The van der Waals surface area contributed by atoms with Crippen LogP contribution in [0.3, 0.4) is 0 Å². The predicted molar refractivity (Wildman–Crippen MR) is 123 cm³/mol. The molecule has 0 saturated carbocycles. The van der Waals surface area contributed by atoms with Gasteiger partial charge in [-0.25, -0.2) is 4.98 Å². The minimum Gasteiger partial charge on any atom is -0.383 e. The van der Waals surface area contributed by atoms with Gasteiger partial charge in [0.05, 0.1) is 29.3 Å². The molecule has 3 rings (SSSR count). The molecule has 158 valence electrons. The van der Waals surface area contributed by atoms with Crippen LogP contribution in [0, 0.1) is 6.92 Å². The van der Waals surface area contributed by atoms with Crippen molar-refractivity contribution in [3.63, 3.8) is 0 Å². The Labute approximate surface area is 188 Å². The van der Waals surface area contributed by atoms with E-state index in [9.17, 15) is 9.59 Å². The molecule has 6 nitrogen and oxygen atoms in total. The lowest BCUT2D eigenvalue weighted by Crippen LogP contribution is -2.28. The number of hydrogen-bond donors (Lipinski definition) is 1. The molecule has 1 heterocycles. The number of amides is 1. The number of methoxy groups -OCH3 is 1. The van der Waals surface area contributed by atoms with Gasteiger partial charge in [-0.05, 0) is 49.7 Å². The zero-order chi connectivity index (χ0) is 21.8. The molecule has 0 spiro atoms. The van der Waals surface area contributed by atoms with E-state index in [-0.39, 0.29) is 11.5 Å². The molecule has 0 aliphatic heterocycles. The number of rotatable bonds is 7. The van der Waals surface area contributed by atoms with Crippen LogP contribution in [-0.2, 0) is 16.1 Å². The van der Waals surface area contributed by atoms with E-state index in [1.807, 2.05) is 6.92 Å². The van der Waals surface area contributed by atoms with Crippen molar-refractivity contribution >= 4 is 57.5 Å². The number of ether oxygens (including phenoxy) is 1. The number of thioether (sulfide) groups is 1. The molecule has 0 aliphatic rings. The second-order valence-electron chi connectivity index (χ2n) is 6.67. The van der Waals surface area contributed by atoms with E-state index in [0.717, 1.165) is 5.56 Å². The minimum atomic E-state index is -0.513. The van der Waals surface area contributed by atoms with E-state index >= 15 is 0 Å². The highest BCUT2D eigenvalue weighted by molar-refractivity contribution is 8.00. The van der Waals surface area contributed by atoms with Crippen molar-refractivity contribution in [3.8, 4) is 0 Å². The Morgan fingerprint density at radius 2 is 2.07 bits per heavy atom. The summed E-state index contributed by atoms with van der Waals surface area (Å²) in [6.07, 6.45) is 0. The Kier molecular flexibility index (Phi) is 7.41. The number of fused-ring (bicyclic) bond motifs is 1. The summed E-state index contributed by atoms with van der Waals surface area (Å²) in [5, 5.41) is 4.34. The van der Waals surface area contributed by atoms with Gasteiger partial charge >= 0.3 is 0 Å². The van der Waals surface area contributed by atoms with Crippen molar-refractivity contribution in [1.82, 2.24) is 9.55 Å². The molecule has 1 amide bonds. The Balaban J connectivity index is 1.91. The molecular weight excluding hydrogens is 445 g/mol. The zero-order valence-corrected chi connectivity index (χ0v) is 19.1. The van der Waals surface area contributed by atoms with Crippen molar-refractivity contribution in [2.45, 2.75) is 30.8 Å². The molecule has 1 atom stereocenters. The number of benzene rings is 2. The Morgan fingerprint density at radius 3 is 2.80 bits per heavy atom. The maximum absolute atomic E-state index is 13.0. The Morgan fingerprint density at radius 1 is 1.30 bits per heavy atom. The third-order valence-electron chi connectivity index (χ3n) is 4.58. The number of anilines is 1. The molecule has 1 unspecified atom stereocenters. The number of aromatic nitrogens is 2. The average molecular weight is 466 g/mol. The molecule has 30 heavy (non-hydrogen) atoms. The molecule has 0 saturated heterocycles. The normalized spacial score (nSPS) is 12.2. The standard InChI is InChI=1S/C21H21Cl2N3O3S/c1-12-16(23)5-4-6-17(12)24-19(27)13(2)30-21-25-18-11-14(22)7-8-15(18)20(28)26(21)9-10-29-3/h4-8,11,13H,9-10H2,1-3H3,(H,24,27). The first-order chi connectivity index (χ1) is 14.3. The summed E-state index contributed by atoms with van der Waals surface area (Å²) in [5.41, 5.74) is 1.73. The summed E-state index contributed by atoms with van der Waals surface area (Å²) < 4.78 is 6.66. The molecule has 0 bridgehead atoms. The lowest BCUT2D eigenvalue weighted by atomic mass is 10.2. The van der Waals surface area contributed by atoms with Gasteiger partial charge in [-0.1, -0.05) is 41.0 Å². The van der Waals surface area contributed by atoms with Crippen LogP contribution in [0.15, 0.2) is 46.3 Å². The van der Waals surface area contributed by atoms with Gasteiger partial charge in [0.1, 0.15) is 0 Å². The number of halogens is 2. The minimum absolute atomic E-state index is 0.200. The molecular formula is C21H21Cl2N3O3S. The molecule has 1 N–H and O–H groups in total. The first-order valence-electron chi connectivity index (χ1n) is 9.23. The van der Waals surface area contributed by atoms with Crippen LogP contribution in [0.2, 0.25) is 10.0 Å². The van der Waals surface area contributed by atoms with Crippen LogP contribution in [0.4, 0.5) is 5.69 Å². The van der Waals surface area contributed by atoms with Crippen molar-refractivity contribution < 1.29 is 9.53 Å². The van der Waals surface area contributed by atoms with Gasteiger partial charge < -0.3 is 10.1 Å². The first-order valence-corrected chi connectivity index (χ1v) is 10.9. The van der Waals surface area contributed by atoms with E-state index < -0.39 is 5.25 Å². The summed E-state index contributed by atoms with van der Waals surface area (Å²) in [7, 11) is 1.56. The van der Waals surface area contributed by atoms with Crippen LogP contribution < -0.4 is 10.9 Å². The smallest absolute Gasteiger partial charge is 0.262 e. The molecule has 9 heteroatoms. The summed E-state index contributed by atoms with van der Waals surface area (Å²) in [6.45, 7) is 4.27. The summed E-state index contributed by atoms with van der Waals surface area (Å²) in [6, 6.07) is 10.3. The van der Waals surface area contributed by atoms with Crippen LogP contribution >= 0.6 is 35.0 Å². The Hall–Kier alpha value is -2.06. The van der Waals surface area contributed by atoms with E-state index in [0.29, 0.717) is 44.9 Å². The predicted octanol–water partition coefficient (Wildman–Crippen LogP) is 4.78. The van der Waals surface area contributed by atoms with Gasteiger partial charge in [0.2, 0.25) is 5.91 Å². The lowest BCUT2D eigenvalue weighted by Gasteiger charge is -2.17. The molecule has 2 aromatic carbocycles. The van der Waals surface area contributed by atoms with Gasteiger partial charge in [-0.3, -0.25) is 14.2 Å². The first kappa shape index (κ1) is 22.6. The zero-order valence-electron chi connectivity index (χ0n) is 16.7. The number of carbonyl (C=O) groups excluding carboxylic acids is 1. The van der Waals surface area contributed by atoms with Crippen LogP contribution in [0.5, 0.6) is 0 Å². The highest BCUT2D eigenvalue weighted by Gasteiger charge is 2.20. The summed E-state index contributed by atoms with van der Waals surface area (Å²) in [5.74, 6) is -0.218. The van der Waals surface area contributed by atoms with Crippen molar-refractivity contribution in [2.24, 2.45) is 0 Å². The fourth-order valence-electron chi connectivity index (χ4n) is 2.83. The topological polar surface area (TPSA) is 73.2 Å². The summed E-state index contributed by atoms with van der Waals surface area (Å²) in [4.78, 5) is 30.4. The maximum atomic E-state index is 13.0. The number of nitrogens with zero attached hydrogens (tertiary/aromatic N) is 2. The molecule has 3 aromatic rings. The van der Waals surface area contributed by atoms with Gasteiger partial charge in [0.25, 0.3) is 5.56 Å². The SMILES string of the molecule is COCCn1c(SC(C)C(=O)Nc2cccc(Cl)c2C)nc2cc(Cl)ccc2c1=O. The molecule has 0 fully saturated rings. The van der Waals surface area contributed by atoms with E-state index in [1.54, 1.807) is 50.4 Å². The highest BCUT2D eigenvalue weighted by Crippen LogP contribution is 2.27. The van der Waals surface area contributed by atoms with Gasteiger partial charge in [-0.2, -0.15) is 0 Å². The fraction of sp³-hybridized carbons (Fsp3) is 0.286. The summed E-state index contributed by atoms with van der Waals surface area (Å²) >= 11 is 13.4. The molecule has 1 aromatic heterocycles. The van der Waals surface area contributed by atoms with E-state index in [4.69, 9.17) is 27.9 Å². The fourth-order valence-corrected chi connectivity index (χ4v) is 4.11. The van der Waals surface area contributed by atoms with E-state index in [2.05, 4.69) is 10.3 Å². The quantitative estimate of drug-likeness (QED) is 0.401. The van der Waals surface area contributed by atoms with E-state index in [1.165, 1.54) is 16.3 Å². The van der Waals surface area contributed by atoms with Crippen molar-refractivity contribution in [1.29, 1.82) is 0 Å². The lowest BCUT2D eigenvalue weighted by molar-refractivity contribution is -0.115. The van der Waals surface area contributed by atoms with Crippen LogP contribution in [-0.4, -0.2) is 34.4 Å². The molecule has 0 aliphatic carbocycles. The van der Waals surface area contributed by atoms with Crippen LogP contribution in [0.1, 0.15) is 12.5 Å².